The molecule has 27 heavy (non-hydrogen) atoms. The topological polar surface area (TPSA) is 45.9 Å². The molecule has 1 heterocycles. The lowest BCUT2D eigenvalue weighted by Gasteiger charge is -2.21. The van der Waals surface area contributed by atoms with E-state index in [-0.39, 0.29) is 5.60 Å². The average Bonchev–Trinajstić information content (AvgIpc) is 3.10. The van der Waals surface area contributed by atoms with Gasteiger partial charge in [0, 0.05) is 16.0 Å². The lowest BCUT2D eigenvalue weighted by Crippen LogP contribution is -2.22. The third kappa shape index (κ3) is 5.19. The fourth-order valence-corrected chi connectivity index (χ4v) is 3.37. The summed E-state index contributed by atoms with van der Waals surface area (Å²) in [5.41, 5.74) is 3.03. The van der Waals surface area contributed by atoms with Gasteiger partial charge in [0.25, 0.3) is 0 Å². The summed E-state index contributed by atoms with van der Waals surface area (Å²) in [5.74, 6) is 0.803. The maximum Gasteiger partial charge on any atom is 0.134 e. The van der Waals surface area contributed by atoms with Crippen LogP contribution in [-0.2, 0) is 0 Å². The van der Waals surface area contributed by atoms with E-state index < -0.39 is 0 Å². The second-order valence-electron chi connectivity index (χ2n) is 7.00. The van der Waals surface area contributed by atoms with Crippen molar-refractivity contribution in [3.05, 3.63) is 69.5 Å². The van der Waals surface area contributed by atoms with Crippen molar-refractivity contribution < 1.29 is 4.74 Å². The van der Waals surface area contributed by atoms with Crippen molar-refractivity contribution in [2.75, 3.05) is 0 Å². The fourth-order valence-electron chi connectivity index (χ4n) is 2.44. The molecule has 0 aliphatic heterocycles. The monoisotopic (exact) mass is 394 g/mol. The highest BCUT2D eigenvalue weighted by Crippen LogP contribution is 2.28. The van der Waals surface area contributed by atoms with E-state index in [1.807, 2.05) is 80.8 Å². The first-order valence-electron chi connectivity index (χ1n) is 8.47. The highest BCUT2D eigenvalue weighted by Gasteiger charge is 2.12. The summed E-state index contributed by atoms with van der Waals surface area (Å²) in [6.45, 7) is 6.03. The molecule has 0 saturated heterocycles. The molecule has 0 spiro atoms. The van der Waals surface area contributed by atoms with E-state index in [4.69, 9.17) is 16.3 Å². The van der Waals surface area contributed by atoms with Crippen LogP contribution < -0.4 is 4.74 Å². The highest BCUT2D eigenvalue weighted by atomic mass is 35.5. The predicted molar refractivity (Wildman–Crippen MR) is 113 cm³/mol. The Kier molecular flexibility index (Phi) is 5.65. The number of hydrogen-bond acceptors (Lipinski definition) is 4. The molecule has 0 amide bonds. The second-order valence-corrected chi connectivity index (χ2v) is 8.29. The lowest BCUT2D eigenvalue weighted by atomic mass is 10.1. The van der Waals surface area contributed by atoms with E-state index >= 15 is 0 Å². The highest BCUT2D eigenvalue weighted by molar-refractivity contribution is 7.11. The molecule has 0 saturated carbocycles. The summed E-state index contributed by atoms with van der Waals surface area (Å²) < 4.78 is 5.83. The standard InChI is InChI=1S/C22H19ClN2OS/c1-22(2,3)26-19-10-4-15(5-11-19)12-17(13-24)21-25-20(14-27-21)16-6-8-18(23)9-7-16/h4-12,14H,1-3H3/b17-12-. The second kappa shape index (κ2) is 7.96. The molecule has 0 unspecified atom stereocenters. The molecule has 136 valence electrons. The zero-order valence-electron chi connectivity index (χ0n) is 15.4. The molecule has 1 aromatic heterocycles. The minimum absolute atomic E-state index is 0.242. The molecule has 2 aromatic carbocycles. The van der Waals surface area contributed by atoms with E-state index in [1.54, 1.807) is 0 Å². The van der Waals surface area contributed by atoms with Crippen molar-refractivity contribution in [1.82, 2.24) is 4.98 Å². The van der Waals surface area contributed by atoms with Crippen LogP contribution in [0.4, 0.5) is 0 Å². The first kappa shape index (κ1) is 19.2. The average molecular weight is 395 g/mol. The molecule has 0 bridgehead atoms. The van der Waals surface area contributed by atoms with Crippen LogP contribution >= 0.6 is 22.9 Å². The molecule has 3 rings (SSSR count). The Bertz CT molecular complexity index is 991. The van der Waals surface area contributed by atoms with Crippen molar-refractivity contribution in [3.63, 3.8) is 0 Å². The van der Waals surface area contributed by atoms with Crippen LogP contribution in [0.1, 0.15) is 31.3 Å². The van der Waals surface area contributed by atoms with E-state index in [0.717, 1.165) is 22.6 Å². The van der Waals surface area contributed by atoms with Gasteiger partial charge in [0.05, 0.1) is 11.3 Å². The Morgan fingerprint density at radius 3 is 2.37 bits per heavy atom. The van der Waals surface area contributed by atoms with Gasteiger partial charge in [-0.15, -0.1) is 11.3 Å². The van der Waals surface area contributed by atoms with Crippen LogP contribution in [0.15, 0.2) is 53.9 Å². The molecule has 0 atom stereocenters. The Morgan fingerprint density at radius 1 is 1.11 bits per heavy atom. The Labute approximate surface area is 168 Å². The van der Waals surface area contributed by atoms with Crippen molar-refractivity contribution in [2.45, 2.75) is 26.4 Å². The molecular formula is C22H19ClN2OS. The van der Waals surface area contributed by atoms with Crippen LogP contribution in [0.2, 0.25) is 5.02 Å². The Balaban J connectivity index is 1.83. The van der Waals surface area contributed by atoms with Gasteiger partial charge in [0.15, 0.2) is 0 Å². The number of thiazole rings is 1. The van der Waals surface area contributed by atoms with Crippen LogP contribution in [0.3, 0.4) is 0 Å². The molecule has 0 aliphatic rings. The van der Waals surface area contributed by atoms with E-state index in [0.29, 0.717) is 15.6 Å². The molecule has 3 nitrogen and oxygen atoms in total. The van der Waals surface area contributed by atoms with Crippen molar-refractivity contribution in [1.29, 1.82) is 5.26 Å². The third-order valence-corrected chi connectivity index (χ3v) is 4.74. The van der Waals surface area contributed by atoms with Gasteiger partial charge in [-0.2, -0.15) is 5.26 Å². The van der Waals surface area contributed by atoms with Gasteiger partial charge >= 0.3 is 0 Å². The van der Waals surface area contributed by atoms with Gasteiger partial charge in [-0.05, 0) is 56.7 Å². The lowest BCUT2D eigenvalue weighted by molar-refractivity contribution is 0.131. The van der Waals surface area contributed by atoms with Crippen LogP contribution in [-0.4, -0.2) is 10.6 Å². The minimum Gasteiger partial charge on any atom is -0.488 e. The Hall–Kier alpha value is -2.61. The van der Waals surface area contributed by atoms with Crippen molar-refractivity contribution in [3.8, 4) is 23.1 Å². The number of allylic oxidation sites excluding steroid dienone is 1. The number of benzene rings is 2. The number of rotatable bonds is 4. The summed E-state index contributed by atoms with van der Waals surface area (Å²) in [5, 5.41) is 12.9. The van der Waals surface area contributed by atoms with Crippen LogP contribution in [0.25, 0.3) is 22.9 Å². The van der Waals surface area contributed by atoms with Gasteiger partial charge in [-0.3, -0.25) is 0 Å². The molecule has 0 aliphatic carbocycles. The molecule has 3 aromatic rings. The quantitative estimate of drug-likeness (QED) is 0.462. The van der Waals surface area contributed by atoms with Gasteiger partial charge in [-0.1, -0.05) is 35.9 Å². The van der Waals surface area contributed by atoms with Crippen LogP contribution in [0, 0.1) is 11.3 Å². The zero-order chi connectivity index (χ0) is 19.4. The summed E-state index contributed by atoms with van der Waals surface area (Å²) in [6, 6.07) is 17.4. The summed E-state index contributed by atoms with van der Waals surface area (Å²) in [4.78, 5) is 4.60. The minimum atomic E-state index is -0.242. The normalized spacial score (nSPS) is 11.9. The zero-order valence-corrected chi connectivity index (χ0v) is 16.9. The SMILES string of the molecule is CC(C)(C)Oc1ccc(/C=C(/C#N)c2nc(-c3ccc(Cl)cc3)cs2)cc1. The summed E-state index contributed by atoms with van der Waals surface area (Å²) >= 11 is 7.39. The molecule has 0 N–H and O–H groups in total. The van der Waals surface area contributed by atoms with Crippen LogP contribution in [0.5, 0.6) is 5.75 Å². The van der Waals surface area contributed by atoms with Gasteiger partial charge in [0.2, 0.25) is 0 Å². The molecule has 0 fully saturated rings. The van der Waals surface area contributed by atoms with Gasteiger partial charge < -0.3 is 4.74 Å². The van der Waals surface area contributed by atoms with E-state index in [2.05, 4.69) is 11.1 Å². The number of nitriles is 1. The van der Waals surface area contributed by atoms with Gasteiger partial charge in [0.1, 0.15) is 22.4 Å². The predicted octanol–water partition coefficient (Wildman–Crippen LogP) is 6.70. The van der Waals surface area contributed by atoms with Crippen molar-refractivity contribution in [2.24, 2.45) is 0 Å². The van der Waals surface area contributed by atoms with E-state index in [9.17, 15) is 5.26 Å². The third-order valence-electron chi connectivity index (χ3n) is 3.61. The fraction of sp³-hybridized carbons (Fsp3) is 0.182. The summed E-state index contributed by atoms with van der Waals surface area (Å²) in [7, 11) is 0. The van der Waals surface area contributed by atoms with E-state index in [1.165, 1.54) is 11.3 Å². The summed E-state index contributed by atoms with van der Waals surface area (Å²) in [6.07, 6.45) is 1.84. The first-order chi connectivity index (χ1) is 12.8. The van der Waals surface area contributed by atoms with Crippen molar-refractivity contribution >= 4 is 34.6 Å². The molecule has 5 heteroatoms. The number of aromatic nitrogens is 1. The number of ether oxygens (including phenoxy) is 1. The first-order valence-corrected chi connectivity index (χ1v) is 9.72. The largest absolute Gasteiger partial charge is 0.488 e. The maximum absolute atomic E-state index is 9.57. The molecular weight excluding hydrogens is 376 g/mol. The maximum atomic E-state index is 9.57. The number of nitrogens with zero attached hydrogens (tertiary/aromatic N) is 2. The number of halogens is 1. The molecule has 0 radical (unpaired) electrons. The smallest absolute Gasteiger partial charge is 0.134 e. The number of hydrogen-bond donors (Lipinski definition) is 0. The van der Waals surface area contributed by atoms with Gasteiger partial charge in [-0.25, -0.2) is 4.98 Å². The Morgan fingerprint density at radius 2 is 1.78 bits per heavy atom.